The fraction of sp³-hybridized carbons (Fsp3) is 0.267. The molecule has 0 saturated carbocycles. The Labute approximate surface area is 134 Å². The lowest BCUT2D eigenvalue weighted by Gasteiger charge is -2.08. The number of carbonyl (C=O) groups excluding carboxylic acids is 1. The van der Waals surface area contributed by atoms with E-state index in [-0.39, 0.29) is 23.2 Å². The number of amides is 1. The molecule has 0 saturated heterocycles. The summed E-state index contributed by atoms with van der Waals surface area (Å²) in [5.74, 6) is -0.210. The number of rotatable bonds is 6. The number of sulfonamides is 1. The molecule has 0 spiro atoms. The molecular formula is C15H18N2O3S2. The van der Waals surface area contributed by atoms with E-state index < -0.39 is 10.0 Å². The first-order valence-corrected chi connectivity index (χ1v) is 9.15. The lowest BCUT2D eigenvalue weighted by atomic mass is 10.1. The highest BCUT2D eigenvalue weighted by Crippen LogP contribution is 2.14. The summed E-state index contributed by atoms with van der Waals surface area (Å²) in [6.07, 6.45) is 0. The van der Waals surface area contributed by atoms with Gasteiger partial charge in [0.15, 0.2) is 0 Å². The third-order valence-electron chi connectivity index (χ3n) is 3.23. The molecule has 0 fully saturated rings. The van der Waals surface area contributed by atoms with Crippen LogP contribution in [0.25, 0.3) is 0 Å². The van der Waals surface area contributed by atoms with Crippen LogP contribution in [0, 0.1) is 13.8 Å². The van der Waals surface area contributed by atoms with Gasteiger partial charge in [-0.2, -0.15) is 0 Å². The maximum atomic E-state index is 12.0. The summed E-state index contributed by atoms with van der Waals surface area (Å²) in [4.78, 5) is 12.0. The zero-order chi connectivity index (χ0) is 16.2. The van der Waals surface area contributed by atoms with Crippen LogP contribution < -0.4 is 10.0 Å². The van der Waals surface area contributed by atoms with Gasteiger partial charge in [0.25, 0.3) is 5.91 Å². The minimum atomic E-state index is -3.47. The fourth-order valence-electron chi connectivity index (χ4n) is 1.83. The summed E-state index contributed by atoms with van der Waals surface area (Å²) < 4.78 is 26.5. The summed E-state index contributed by atoms with van der Waals surface area (Å²) in [7, 11) is -3.47. The number of aryl methyl sites for hydroxylation is 2. The van der Waals surface area contributed by atoms with Crippen LogP contribution >= 0.6 is 11.3 Å². The van der Waals surface area contributed by atoms with Gasteiger partial charge in [0.05, 0.1) is 0 Å². The van der Waals surface area contributed by atoms with Crippen LogP contribution in [0.3, 0.4) is 0 Å². The van der Waals surface area contributed by atoms with Crippen LogP contribution in [0.4, 0.5) is 0 Å². The van der Waals surface area contributed by atoms with Gasteiger partial charge in [0, 0.05) is 18.7 Å². The lowest BCUT2D eigenvalue weighted by molar-refractivity contribution is 0.0954. The molecular weight excluding hydrogens is 320 g/mol. The Kier molecular flexibility index (Phi) is 5.33. The molecule has 5 nitrogen and oxygen atoms in total. The number of benzene rings is 1. The monoisotopic (exact) mass is 338 g/mol. The molecule has 0 aliphatic carbocycles. The summed E-state index contributed by atoms with van der Waals surface area (Å²) in [6.45, 7) is 4.31. The number of hydrogen-bond donors (Lipinski definition) is 2. The smallest absolute Gasteiger partial charge is 0.251 e. The quantitative estimate of drug-likeness (QED) is 0.792. The van der Waals surface area contributed by atoms with Gasteiger partial charge in [0.1, 0.15) is 4.21 Å². The Morgan fingerprint density at radius 2 is 1.91 bits per heavy atom. The van der Waals surface area contributed by atoms with Crippen molar-refractivity contribution in [3.8, 4) is 0 Å². The molecule has 7 heteroatoms. The summed E-state index contributed by atoms with van der Waals surface area (Å²) in [5.41, 5.74) is 2.75. The molecule has 2 rings (SSSR count). The first-order chi connectivity index (χ1) is 10.4. The van der Waals surface area contributed by atoms with Gasteiger partial charge in [-0.3, -0.25) is 4.79 Å². The second kappa shape index (κ2) is 7.04. The molecule has 0 bridgehead atoms. The molecule has 1 amide bonds. The van der Waals surface area contributed by atoms with E-state index in [0.29, 0.717) is 5.56 Å². The van der Waals surface area contributed by atoms with E-state index in [4.69, 9.17) is 0 Å². The Bertz CT molecular complexity index is 753. The van der Waals surface area contributed by atoms with E-state index in [2.05, 4.69) is 10.0 Å². The van der Waals surface area contributed by atoms with Crippen molar-refractivity contribution in [2.45, 2.75) is 18.1 Å². The van der Waals surface area contributed by atoms with Crippen molar-refractivity contribution in [3.63, 3.8) is 0 Å². The highest BCUT2D eigenvalue weighted by atomic mass is 32.2. The molecule has 1 aromatic heterocycles. The Morgan fingerprint density at radius 3 is 2.55 bits per heavy atom. The normalized spacial score (nSPS) is 11.4. The van der Waals surface area contributed by atoms with Gasteiger partial charge in [0.2, 0.25) is 10.0 Å². The number of carbonyl (C=O) groups is 1. The standard InChI is InChI=1S/C15H18N2O3S2/c1-11-5-6-13(10-12(11)2)15(18)16-7-8-17-22(19,20)14-4-3-9-21-14/h3-6,9-10,17H,7-8H2,1-2H3,(H,16,18). The van der Waals surface area contributed by atoms with E-state index in [1.165, 1.54) is 0 Å². The van der Waals surface area contributed by atoms with Crippen molar-refractivity contribution in [2.75, 3.05) is 13.1 Å². The molecule has 0 radical (unpaired) electrons. The van der Waals surface area contributed by atoms with Crippen LogP contribution in [-0.4, -0.2) is 27.4 Å². The van der Waals surface area contributed by atoms with E-state index in [1.54, 1.807) is 23.6 Å². The molecule has 1 aromatic carbocycles. The van der Waals surface area contributed by atoms with E-state index in [0.717, 1.165) is 22.5 Å². The van der Waals surface area contributed by atoms with Crippen molar-refractivity contribution in [2.24, 2.45) is 0 Å². The van der Waals surface area contributed by atoms with Gasteiger partial charge in [-0.15, -0.1) is 11.3 Å². The third-order valence-corrected chi connectivity index (χ3v) is 6.09. The maximum Gasteiger partial charge on any atom is 0.251 e. The van der Waals surface area contributed by atoms with Crippen LogP contribution in [0.1, 0.15) is 21.5 Å². The van der Waals surface area contributed by atoms with Gasteiger partial charge in [-0.1, -0.05) is 12.1 Å². The minimum Gasteiger partial charge on any atom is -0.351 e. The Hall–Kier alpha value is -1.70. The zero-order valence-electron chi connectivity index (χ0n) is 12.4. The Morgan fingerprint density at radius 1 is 1.14 bits per heavy atom. The molecule has 118 valence electrons. The van der Waals surface area contributed by atoms with Gasteiger partial charge in [-0.25, -0.2) is 13.1 Å². The summed E-state index contributed by atoms with van der Waals surface area (Å²) >= 11 is 1.16. The molecule has 2 aromatic rings. The molecule has 22 heavy (non-hydrogen) atoms. The molecule has 2 N–H and O–H groups in total. The molecule has 0 atom stereocenters. The molecule has 1 heterocycles. The summed E-state index contributed by atoms with van der Waals surface area (Å²) in [5, 5.41) is 4.41. The van der Waals surface area contributed by atoms with Gasteiger partial charge >= 0.3 is 0 Å². The molecule has 0 aliphatic heterocycles. The first-order valence-electron chi connectivity index (χ1n) is 6.79. The van der Waals surface area contributed by atoms with Gasteiger partial charge < -0.3 is 5.32 Å². The highest BCUT2D eigenvalue weighted by Gasteiger charge is 2.14. The van der Waals surface area contributed by atoms with Gasteiger partial charge in [-0.05, 0) is 48.6 Å². The van der Waals surface area contributed by atoms with Crippen molar-refractivity contribution in [1.29, 1.82) is 0 Å². The van der Waals surface area contributed by atoms with Crippen molar-refractivity contribution in [3.05, 3.63) is 52.4 Å². The average Bonchev–Trinajstić information content (AvgIpc) is 3.01. The van der Waals surface area contributed by atoms with Crippen molar-refractivity contribution < 1.29 is 13.2 Å². The average molecular weight is 338 g/mol. The molecule has 0 aliphatic rings. The summed E-state index contributed by atoms with van der Waals surface area (Å²) in [6, 6.07) is 8.69. The second-order valence-electron chi connectivity index (χ2n) is 4.88. The minimum absolute atomic E-state index is 0.150. The first kappa shape index (κ1) is 16.7. The fourth-order valence-corrected chi connectivity index (χ4v) is 3.90. The number of nitrogens with one attached hydrogen (secondary N) is 2. The second-order valence-corrected chi connectivity index (χ2v) is 7.83. The van der Waals surface area contributed by atoms with Crippen LogP contribution in [-0.2, 0) is 10.0 Å². The lowest BCUT2D eigenvalue weighted by Crippen LogP contribution is -2.34. The van der Waals surface area contributed by atoms with Crippen LogP contribution in [0.15, 0.2) is 39.9 Å². The van der Waals surface area contributed by atoms with Crippen molar-refractivity contribution in [1.82, 2.24) is 10.0 Å². The zero-order valence-corrected chi connectivity index (χ0v) is 14.1. The largest absolute Gasteiger partial charge is 0.351 e. The Balaban J connectivity index is 1.84. The SMILES string of the molecule is Cc1ccc(C(=O)NCCNS(=O)(=O)c2cccs2)cc1C. The van der Waals surface area contributed by atoms with Crippen molar-refractivity contribution >= 4 is 27.3 Å². The van der Waals surface area contributed by atoms with Crippen LogP contribution in [0.5, 0.6) is 0 Å². The number of thiophene rings is 1. The van der Waals surface area contributed by atoms with E-state index in [1.807, 2.05) is 26.0 Å². The predicted molar refractivity (Wildman–Crippen MR) is 87.8 cm³/mol. The van der Waals surface area contributed by atoms with E-state index in [9.17, 15) is 13.2 Å². The highest BCUT2D eigenvalue weighted by molar-refractivity contribution is 7.91. The third kappa shape index (κ3) is 4.16. The number of hydrogen-bond acceptors (Lipinski definition) is 4. The molecule has 0 unspecified atom stereocenters. The topological polar surface area (TPSA) is 75.3 Å². The maximum absolute atomic E-state index is 12.0. The van der Waals surface area contributed by atoms with E-state index >= 15 is 0 Å². The van der Waals surface area contributed by atoms with Crippen LogP contribution in [0.2, 0.25) is 0 Å². The predicted octanol–water partition coefficient (Wildman–Crippen LogP) is 2.07.